The predicted molar refractivity (Wildman–Crippen MR) is 86.9 cm³/mol. The van der Waals surface area contributed by atoms with Crippen molar-refractivity contribution in [1.82, 2.24) is 15.4 Å². The lowest BCUT2D eigenvalue weighted by Crippen LogP contribution is -2.30. The largest absolute Gasteiger partial charge is 0.464 e. The van der Waals surface area contributed by atoms with Crippen LogP contribution in [0, 0.1) is 0 Å². The number of nitrogens with zero attached hydrogens (tertiary/aromatic N) is 2. The Kier molecular flexibility index (Phi) is 7.64. The van der Waals surface area contributed by atoms with Gasteiger partial charge in [-0.25, -0.2) is 20.6 Å². The van der Waals surface area contributed by atoms with Gasteiger partial charge >= 0.3 is 5.97 Å². The Morgan fingerprint density at radius 1 is 1.05 bits per heavy atom. The molecule has 2 aromatic rings. The number of ether oxygens (including phenoxy) is 1. The van der Waals surface area contributed by atoms with Gasteiger partial charge in [0, 0.05) is 21.3 Å². The Hall–Kier alpha value is -1.84. The Morgan fingerprint density at radius 2 is 1.55 bits per heavy atom. The van der Waals surface area contributed by atoms with E-state index in [1.165, 1.54) is 13.3 Å². The van der Waals surface area contributed by atoms with Crippen LogP contribution in [0.5, 0.6) is 0 Å². The maximum absolute atomic E-state index is 10.8. The first-order valence-electron chi connectivity index (χ1n) is 5.80. The highest BCUT2D eigenvalue weighted by atomic mass is 79.9. The number of nitrogens with one attached hydrogen (secondary N) is 1. The van der Waals surface area contributed by atoms with Crippen LogP contribution in [0.25, 0.3) is 0 Å². The number of aromatic nitrogens is 2. The molecule has 0 aliphatic carbocycles. The summed E-state index contributed by atoms with van der Waals surface area (Å²) in [4.78, 5) is 29.3. The van der Waals surface area contributed by atoms with E-state index in [2.05, 4.69) is 46.6 Å². The number of rotatable bonds is 2. The number of carbonyl (C=O) groups excluding carboxylic acids is 2. The van der Waals surface area contributed by atoms with Gasteiger partial charge in [0.1, 0.15) is 11.4 Å². The number of pyridine rings is 2. The van der Waals surface area contributed by atoms with Crippen LogP contribution in [0.4, 0.5) is 0 Å². The summed E-state index contributed by atoms with van der Waals surface area (Å²) in [5.41, 5.74) is 2.60. The minimum atomic E-state index is -0.419. The van der Waals surface area contributed by atoms with Crippen LogP contribution in [0.3, 0.4) is 0 Å². The summed E-state index contributed by atoms with van der Waals surface area (Å²) in [6.45, 7) is 0. The van der Waals surface area contributed by atoms with E-state index in [0.29, 0.717) is 11.4 Å². The van der Waals surface area contributed by atoms with Crippen molar-refractivity contribution in [3.05, 3.63) is 57.0 Å². The van der Waals surface area contributed by atoms with E-state index in [0.717, 1.165) is 8.95 Å². The van der Waals surface area contributed by atoms with Crippen molar-refractivity contribution in [2.24, 2.45) is 5.84 Å². The molecule has 0 radical (unpaired) electrons. The van der Waals surface area contributed by atoms with E-state index in [1.807, 2.05) is 5.43 Å². The van der Waals surface area contributed by atoms with Crippen LogP contribution >= 0.6 is 31.9 Å². The molecule has 0 saturated heterocycles. The molecule has 0 fully saturated rings. The van der Waals surface area contributed by atoms with Crippen molar-refractivity contribution in [2.45, 2.75) is 0 Å². The zero-order valence-corrected chi connectivity index (χ0v) is 14.6. The molecule has 2 heterocycles. The van der Waals surface area contributed by atoms with Gasteiger partial charge in [0.15, 0.2) is 0 Å². The topological polar surface area (TPSA) is 107 Å². The number of hydrogen-bond donors (Lipinski definition) is 2. The zero-order chi connectivity index (χ0) is 16.5. The van der Waals surface area contributed by atoms with E-state index in [9.17, 15) is 9.59 Å². The highest BCUT2D eigenvalue weighted by Crippen LogP contribution is 2.08. The third kappa shape index (κ3) is 5.88. The van der Waals surface area contributed by atoms with E-state index in [4.69, 9.17) is 5.84 Å². The molecule has 0 aromatic carbocycles. The molecule has 0 spiro atoms. The van der Waals surface area contributed by atoms with Gasteiger partial charge in [-0.3, -0.25) is 10.2 Å². The average Bonchev–Trinajstić information content (AvgIpc) is 2.55. The van der Waals surface area contributed by atoms with Crippen molar-refractivity contribution in [3.8, 4) is 0 Å². The van der Waals surface area contributed by atoms with Crippen LogP contribution in [0.15, 0.2) is 45.6 Å². The lowest BCUT2D eigenvalue weighted by atomic mass is 10.3. The fourth-order valence-electron chi connectivity index (χ4n) is 1.19. The maximum atomic E-state index is 10.8. The summed E-state index contributed by atoms with van der Waals surface area (Å²) in [5, 5.41) is 0. The van der Waals surface area contributed by atoms with Crippen LogP contribution in [0.2, 0.25) is 0 Å². The molecular weight excluding hydrogens is 420 g/mol. The molecule has 1 amide bonds. The molecule has 7 nitrogen and oxygen atoms in total. The summed E-state index contributed by atoms with van der Waals surface area (Å²) in [6.07, 6.45) is 3.08. The Balaban J connectivity index is 0.000000220. The summed E-state index contributed by atoms with van der Waals surface area (Å²) in [7, 11) is 1.33. The van der Waals surface area contributed by atoms with Gasteiger partial charge < -0.3 is 4.74 Å². The van der Waals surface area contributed by atoms with Crippen molar-refractivity contribution < 1.29 is 14.3 Å². The number of halogens is 2. The minimum absolute atomic E-state index is 0.302. The number of esters is 1. The first kappa shape index (κ1) is 18.2. The quantitative estimate of drug-likeness (QED) is 0.326. The maximum Gasteiger partial charge on any atom is 0.356 e. The van der Waals surface area contributed by atoms with Crippen LogP contribution in [-0.4, -0.2) is 29.0 Å². The van der Waals surface area contributed by atoms with Crippen molar-refractivity contribution >= 4 is 43.7 Å². The van der Waals surface area contributed by atoms with Gasteiger partial charge in [0.2, 0.25) is 0 Å². The Labute approximate surface area is 143 Å². The Bertz CT molecular complexity index is 575. The zero-order valence-electron chi connectivity index (χ0n) is 11.4. The van der Waals surface area contributed by atoms with Gasteiger partial charge in [-0.15, -0.1) is 0 Å². The molecule has 0 aliphatic rings. The summed E-state index contributed by atoms with van der Waals surface area (Å²) in [5.74, 6) is 4.08. The number of amides is 1. The molecule has 22 heavy (non-hydrogen) atoms. The molecule has 0 atom stereocenters. The molecule has 2 rings (SSSR count). The molecule has 3 N–H and O–H groups in total. The van der Waals surface area contributed by atoms with E-state index >= 15 is 0 Å². The van der Waals surface area contributed by atoms with E-state index < -0.39 is 11.9 Å². The van der Waals surface area contributed by atoms with Gasteiger partial charge in [-0.1, -0.05) is 0 Å². The third-order valence-electron chi connectivity index (χ3n) is 2.21. The highest BCUT2D eigenvalue weighted by molar-refractivity contribution is 9.10. The normalized spacial score (nSPS) is 9.27. The lowest BCUT2D eigenvalue weighted by Gasteiger charge is -1.96. The average molecular weight is 432 g/mol. The number of methoxy groups -OCH3 is 1. The second kappa shape index (κ2) is 9.23. The highest BCUT2D eigenvalue weighted by Gasteiger charge is 2.04. The van der Waals surface area contributed by atoms with E-state index in [1.54, 1.807) is 30.5 Å². The summed E-state index contributed by atoms with van der Waals surface area (Å²) < 4.78 is 6.12. The lowest BCUT2D eigenvalue weighted by molar-refractivity contribution is 0.0594. The molecule has 0 unspecified atom stereocenters. The fourth-order valence-corrected chi connectivity index (χ4v) is 1.65. The number of carbonyl (C=O) groups is 2. The van der Waals surface area contributed by atoms with Gasteiger partial charge in [0.05, 0.1) is 7.11 Å². The number of nitrogen functional groups attached to an aromatic ring is 1. The number of hydrazine groups is 1. The molecule has 116 valence electrons. The Morgan fingerprint density at radius 3 is 1.91 bits per heavy atom. The van der Waals surface area contributed by atoms with Gasteiger partial charge in [-0.2, -0.15) is 0 Å². The predicted octanol–water partition coefficient (Wildman–Crippen LogP) is 2.08. The van der Waals surface area contributed by atoms with Crippen molar-refractivity contribution in [3.63, 3.8) is 0 Å². The minimum Gasteiger partial charge on any atom is -0.464 e. The number of hydrogen-bond acceptors (Lipinski definition) is 6. The molecule has 2 aromatic heterocycles. The van der Waals surface area contributed by atoms with Crippen LogP contribution in [0.1, 0.15) is 21.0 Å². The number of nitrogens with two attached hydrogens (primary N) is 1. The summed E-state index contributed by atoms with van der Waals surface area (Å²) >= 11 is 6.39. The third-order valence-corrected chi connectivity index (χ3v) is 3.15. The first-order chi connectivity index (χ1) is 10.5. The standard InChI is InChI=1S/C7H6BrNO2.C6H6BrN3O/c1-11-7(10)6-3-2-5(8)4-9-6;7-4-1-2-5(9-3-4)6(11)10-8/h2-4H,1H3;1-3H,8H2,(H,10,11). The molecular formula is C13H12Br2N4O3. The van der Waals surface area contributed by atoms with Gasteiger partial charge in [-0.05, 0) is 56.1 Å². The monoisotopic (exact) mass is 430 g/mol. The van der Waals surface area contributed by atoms with Crippen LogP contribution in [-0.2, 0) is 4.74 Å². The van der Waals surface area contributed by atoms with Crippen LogP contribution < -0.4 is 11.3 Å². The second-order valence-corrected chi connectivity index (χ2v) is 5.52. The molecule has 0 saturated carbocycles. The summed E-state index contributed by atoms with van der Waals surface area (Å²) in [6, 6.07) is 6.62. The van der Waals surface area contributed by atoms with Gasteiger partial charge in [0.25, 0.3) is 5.91 Å². The molecule has 0 bridgehead atoms. The smallest absolute Gasteiger partial charge is 0.356 e. The van der Waals surface area contributed by atoms with Crippen molar-refractivity contribution in [1.29, 1.82) is 0 Å². The first-order valence-corrected chi connectivity index (χ1v) is 7.39. The molecule has 0 aliphatic heterocycles. The SMILES string of the molecule is COC(=O)c1ccc(Br)cn1.NNC(=O)c1ccc(Br)cn1. The second-order valence-electron chi connectivity index (χ2n) is 3.69. The van der Waals surface area contributed by atoms with Crippen molar-refractivity contribution in [2.75, 3.05) is 7.11 Å². The molecule has 9 heteroatoms. The fraction of sp³-hybridized carbons (Fsp3) is 0.0769. The van der Waals surface area contributed by atoms with E-state index in [-0.39, 0.29) is 0 Å².